The minimum atomic E-state index is -0.211. The van der Waals surface area contributed by atoms with Crippen LogP contribution in [-0.4, -0.2) is 35.3 Å². The molecule has 6 heteroatoms. The highest BCUT2D eigenvalue weighted by Gasteiger charge is 2.20. The molecule has 1 amide bonds. The molecule has 5 nitrogen and oxygen atoms in total. The van der Waals surface area contributed by atoms with Gasteiger partial charge in [0.15, 0.2) is 6.61 Å². The van der Waals surface area contributed by atoms with Crippen molar-refractivity contribution in [3.05, 3.63) is 47.6 Å². The largest absolute Gasteiger partial charge is 0.481 e. The fourth-order valence-corrected chi connectivity index (χ4v) is 2.85. The van der Waals surface area contributed by atoms with Gasteiger partial charge in [-0.25, -0.2) is 0 Å². The smallest absolute Gasteiger partial charge is 0.258 e. The lowest BCUT2D eigenvalue weighted by Gasteiger charge is -2.14. The van der Waals surface area contributed by atoms with Crippen LogP contribution in [0.1, 0.15) is 6.42 Å². The molecule has 0 bridgehead atoms. The van der Waals surface area contributed by atoms with Gasteiger partial charge in [-0.2, -0.15) is 0 Å². The van der Waals surface area contributed by atoms with Crippen LogP contribution in [0.4, 0.5) is 0 Å². The minimum absolute atomic E-state index is 0.0525. The first-order valence-electron chi connectivity index (χ1n) is 7.42. The lowest BCUT2D eigenvalue weighted by molar-refractivity contribution is -0.123. The molecule has 3 rings (SSSR count). The highest BCUT2D eigenvalue weighted by atomic mass is 35.5. The van der Waals surface area contributed by atoms with Gasteiger partial charge in [-0.15, -0.1) is 0 Å². The fraction of sp³-hybridized carbons (Fsp3) is 0.294. The van der Waals surface area contributed by atoms with Crippen LogP contribution in [-0.2, 0) is 4.79 Å². The molecule has 2 N–H and O–H groups in total. The zero-order valence-corrected chi connectivity index (χ0v) is 13.2. The lowest BCUT2D eigenvalue weighted by Crippen LogP contribution is -2.36. The van der Waals surface area contributed by atoms with Crippen molar-refractivity contribution < 1.29 is 14.6 Å². The zero-order valence-electron chi connectivity index (χ0n) is 12.4. The van der Waals surface area contributed by atoms with E-state index in [9.17, 15) is 4.79 Å². The second-order valence-corrected chi connectivity index (χ2v) is 5.88. The van der Waals surface area contributed by atoms with Crippen molar-refractivity contribution in [2.45, 2.75) is 12.5 Å². The predicted octanol–water partition coefficient (Wildman–Crippen LogP) is 2.32. The van der Waals surface area contributed by atoms with Gasteiger partial charge in [-0.1, -0.05) is 23.8 Å². The van der Waals surface area contributed by atoms with Gasteiger partial charge in [0.25, 0.3) is 5.91 Å². The number of nitrogens with one attached hydrogen (secondary N) is 1. The summed E-state index contributed by atoms with van der Waals surface area (Å²) >= 11 is 6.13. The van der Waals surface area contributed by atoms with E-state index in [0.29, 0.717) is 22.7 Å². The molecular formula is C17H17ClN2O3. The van der Waals surface area contributed by atoms with Crippen LogP contribution in [0.5, 0.6) is 5.75 Å². The molecule has 1 aliphatic carbocycles. The number of aromatic nitrogens is 1. The zero-order chi connectivity index (χ0) is 16.2. The Labute approximate surface area is 138 Å². The summed E-state index contributed by atoms with van der Waals surface area (Å²) in [7, 11) is 0. The van der Waals surface area contributed by atoms with Gasteiger partial charge in [-0.3, -0.25) is 9.78 Å². The number of nitrogens with zero attached hydrogens (tertiary/aromatic N) is 1. The van der Waals surface area contributed by atoms with E-state index in [2.05, 4.69) is 10.3 Å². The number of hydrogen-bond donors (Lipinski definition) is 2. The SMILES string of the molecule is O=C(COc1ccc(Cl)c2cccnc12)N[C@@H]1C=C[C@H](CO)C1. The van der Waals surface area contributed by atoms with Crippen LogP contribution >= 0.6 is 11.6 Å². The van der Waals surface area contributed by atoms with E-state index < -0.39 is 0 Å². The van der Waals surface area contributed by atoms with E-state index in [1.165, 1.54) is 0 Å². The molecule has 0 saturated carbocycles. The number of hydrogen-bond acceptors (Lipinski definition) is 4. The Kier molecular flexibility index (Phi) is 4.79. The highest BCUT2D eigenvalue weighted by molar-refractivity contribution is 6.35. The number of carbonyl (C=O) groups excluding carboxylic acids is 1. The first kappa shape index (κ1) is 15.8. The van der Waals surface area contributed by atoms with Gasteiger partial charge >= 0.3 is 0 Å². The molecule has 0 radical (unpaired) electrons. The van der Waals surface area contributed by atoms with Crippen molar-refractivity contribution in [2.75, 3.05) is 13.2 Å². The molecule has 0 spiro atoms. The number of pyridine rings is 1. The summed E-state index contributed by atoms with van der Waals surface area (Å²) in [5.41, 5.74) is 0.633. The molecule has 2 aromatic rings. The normalized spacial score (nSPS) is 19.9. The summed E-state index contributed by atoms with van der Waals surface area (Å²) in [6.45, 7) is 0.00322. The third-order valence-corrected chi connectivity index (χ3v) is 4.12. The van der Waals surface area contributed by atoms with E-state index in [4.69, 9.17) is 21.4 Å². The second kappa shape index (κ2) is 6.98. The summed E-state index contributed by atoms with van der Waals surface area (Å²) in [4.78, 5) is 16.3. The molecular weight excluding hydrogens is 316 g/mol. The molecule has 2 atom stereocenters. The molecule has 1 heterocycles. The molecule has 1 aromatic carbocycles. The van der Waals surface area contributed by atoms with Gasteiger partial charge in [0.2, 0.25) is 0 Å². The van der Waals surface area contributed by atoms with E-state index >= 15 is 0 Å². The minimum Gasteiger partial charge on any atom is -0.481 e. The molecule has 120 valence electrons. The van der Waals surface area contributed by atoms with Crippen molar-refractivity contribution in [1.29, 1.82) is 0 Å². The second-order valence-electron chi connectivity index (χ2n) is 5.47. The number of aliphatic hydroxyl groups excluding tert-OH is 1. The number of aliphatic hydroxyl groups is 1. The number of ether oxygens (including phenoxy) is 1. The monoisotopic (exact) mass is 332 g/mol. The van der Waals surface area contributed by atoms with Crippen LogP contribution in [0.25, 0.3) is 10.9 Å². The van der Waals surface area contributed by atoms with Crippen LogP contribution in [0.2, 0.25) is 5.02 Å². The van der Waals surface area contributed by atoms with Crippen LogP contribution in [0, 0.1) is 5.92 Å². The van der Waals surface area contributed by atoms with Crippen molar-refractivity contribution in [2.24, 2.45) is 5.92 Å². The van der Waals surface area contributed by atoms with E-state index in [0.717, 1.165) is 5.39 Å². The van der Waals surface area contributed by atoms with E-state index in [1.54, 1.807) is 24.4 Å². The molecule has 23 heavy (non-hydrogen) atoms. The quantitative estimate of drug-likeness (QED) is 0.824. The Hall–Kier alpha value is -2.11. The van der Waals surface area contributed by atoms with E-state index in [-0.39, 0.29) is 31.1 Å². The third kappa shape index (κ3) is 3.63. The van der Waals surface area contributed by atoms with Crippen molar-refractivity contribution in [3.8, 4) is 5.75 Å². The topological polar surface area (TPSA) is 71.5 Å². The number of rotatable bonds is 5. The Morgan fingerprint density at radius 2 is 2.26 bits per heavy atom. The van der Waals surface area contributed by atoms with Gasteiger partial charge in [-0.05, 0) is 30.7 Å². The first-order chi connectivity index (χ1) is 11.2. The Balaban J connectivity index is 1.62. The maximum Gasteiger partial charge on any atom is 0.258 e. The maximum atomic E-state index is 12.0. The van der Waals surface area contributed by atoms with Crippen molar-refractivity contribution in [1.82, 2.24) is 10.3 Å². The van der Waals surface area contributed by atoms with Gasteiger partial charge in [0, 0.05) is 30.1 Å². The third-order valence-electron chi connectivity index (χ3n) is 3.79. The average Bonchev–Trinajstić information content (AvgIpc) is 3.02. The van der Waals surface area contributed by atoms with Crippen molar-refractivity contribution >= 4 is 28.4 Å². The van der Waals surface area contributed by atoms with Crippen molar-refractivity contribution in [3.63, 3.8) is 0 Å². The van der Waals surface area contributed by atoms with E-state index in [1.807, 2.05) is 18.2 Å². The van der Waals surface area contributed by atoms with Gasteiger partial charge < -0.3 is 15.2 Å². The van der Waals surface area contributed by atoms with Crippen LogP contribution in [0.15, 0.2) is 42.6 Å². The summed E-state index contributed by atoms with van der Waals surface area (Å²) in [6.07, 6.45) is 6.19. The van der Waals surface area contributed by atoms with Crippen LogP contribution < -0.4 is 10.1 Å². The predicted molar refractivity (Wildman–Crippen MR) is 88.5 cm³/mol. The lowest BCUT2D eigenvalue weighted by atomic mass is 10.1. The fourth-order valence-electron chi connectivity index (χ4n) is 2.64. The van der Waals surface area contributed by atoms with Crippen LogP contribution in [0.3, 0.4) is 0 Å². The highest BCUT2D eigenvalue weighted by Crippen LogP contribution is 2.29. The molecule has 1 aromatic heterocycles. The summed E-state index contributed by atoms with van der Waals surface area (Å²) in [5.74, 6) is 0.429. The number of halogens is 1. The Morgan fingerprint density at radius 1 is 1.39 bits per heavy atom. The standard InChI is InChI=1S/C17H17ClN2O3/c18-14-5-6-15(17-13(14)2-1-7-19-17)23-10-16(22)20-12-4-3-11(8-12)9-21/h1-7,11-12,21H,8-10H2,(H,20,22)/t11-,12+/m0/s1. The average molecular weight is 333 g/mol. The summed E-state index contributed by atoms with van der Waals surface area (Å²) in [5, 5.41) is 13.3. The number of amides is 1. The maximum absolute atomic E-state index is 12.0. The van der Waals surface area contributed by atoms with Gasteiger partial charge in [0.05, 0.1) is 5.02 Å². The molecule has 0 aliphatic heterocycles. The first-order valence-corrected chi connectivity index (χ1v) is 7.79. The summed E-state index contributed by atoms with van der Waals surface area (Å²) in [6, 6.07) is 7.04. The molecule has 1 aliphatic rings. The number of carbonyl (C=O) groups is 1. The molecule has 0 saturated heterocycles. The Morgan fingerprint density at radius 3 is 3.04 bits per heavy atom. The number of fused-ring (bicyclic) bond motifs is 1. The Bertz CT molecular complexity index is 748. The van der Waals surface area contributed by atoms with Gasteiger partial charge in [0.1, 0.15) is 11.3 Å². The molecule has 0 unspecified atom stereocenters. The summed E-state index contributed by atoms with van der Waals surface area (Å²) < 4.78 is 5.59. The molecule has 0 fully saturated rings. The number of benzene rings is 1.